The van der Waals surface area contributed by atoms with Gasteiger partial charge in [0.15, 0.2) is 5.13 Å². The van der Waals surface area contributed by atoms with E-state index in [2.05, 4.69) is 15.4 Å². The van der Waals surface area contributed by atoms with E-state index in [1.54, 1.807) is 13.8 Å². The molecule has 0 spiro atoms. The summed E-state index contributed by atoms with van der Waals surface area (Å²) in [5, 5.41) is 17.9. The number of carbonyl (C=O) groups is 1. The molecule has 2 aromatic rings. The number of aromatic nitrogens is 3. The highest BCUT2D eigenvalue weighted by Crippen LogP contribution is 2.22. The second-order valence-electron chi connectivity index (χ2n) is 5.13. The zero-order chi connectivity index (χ0) is 16.4. The van der Waals surface area contributed by atoms with Crippen molar-refractivity contribution in [1.82, 2.24) is 14.8 Å². The molecule has 0 aromatic carbocycles. The molecule has 0 aliphatic carbocycles. The van der Waals surface area contributed by atoms with Crippen LogP contribution in [0.5, 0.6) is 0 Å². The predicted molar refractivity (Wildman–Crippen MR) is 83.0 cm³/mol. The summed E-state index contributed by atoms with van der Waals surface area (Å²) in [6.45, 7) is 7.57. The third kappa shape index (κ3) is 3.48. The largest absolute Gasteiger partial charge is 0.390 e. The predicted octanol–water partition coefficient (Wildman–Crippen LogP) is 2.45. The normalized spacial score (nSPS) is 12.2. The average molecular weight is 323 g/mol. The zero-order valence-corrected chi connectivity index (χ0v) is 13.6. The summed E-state index contributed by atoms with van der Waals surface area (Å²) in [6.07, 6.45) is 0. The van der Waals surface area contributed by atoms with E-state index in [0.29, 0.717) is 10.8 Å². The molecular formula is C13H17N5O3S. The number of hydrogen-bond donors (Lipinski definition) is 1. The third-order valence-corrected chi connectivity index (χ3v) is 4.30. The molecule has 8 nitrogen and oxygen atoms in total. The molecule has 118 valence electrons. The Bertz CT molecular complexity index is 702. The summed E-state index contributed by atoms with van der Waals surface area (Å²) in [5.41, 5.74) is 1.54. The van der Waals surface area contributed by atoms with Crippen molar-refractivity contribution in [2.45, 2.75) is 34.2 Å². The van der Waals surface area contributed by atoms with E-state index in [9.17, 15) is 14.9 Å². The highest BCUT2D eigenvalue weighted by atomic mass is 32.1. The van der Waals surface area contributed by atoms with E-state index in [-0.39, 0.29) is 24.2 Å². The van der Waals surface area contributed by atoms with Crippen LogP contribution in [0.1, 0.15) is 23.2 Å². The Kier molecular flexibility index (Phi) is 4.55. The fraction of sp³-hybridized carbons (Fsp3) is 0.462. The number of nitro groups is 1. The molecule has 0 saturated carbocycles. The van der Waals surface area contributed by atoms with E-state index in [1.807, 2.05) is 13.8 Å². The van der Waals surface area contributed by atoms with E-state index >= 15 is 0 Å². The van der Waals surface area contributed by atoms with Crippen molar-refractivity contribution in [2.75, 3.05) is 5.32 Å². The summed E-state index contributed by atoms with van der Waals surface area (Å²) >= 11 is 1.42. The molecule has 0 bridgehead atoms. The van der Waals surface area contributed by atoms with Gasteiger partial charge in [-0.25, -0.2) is 4.98 Å². The number of aryl methyl sites for hydroxylation is 3. The first-order chi connectivity index (χ1) is 10.3. The van der Waals surface area contributed by atoms with E-state index in [1.165, 1.54) is 22.1 Å². The van der Waals surface area contributed by atoms with Gasteiger partial charge in [0.1, 0.15) is 0 Å². The average Bonchev–Trinajstić information content (AvgIpc) is 2.94. The SMILES string of the molecule is Cc1nc(NC(=O)C(C)Cn2nc([N+](=O)[O-])cc2C)sc1C. The van der Waals surface area contributed by atoms with Crippen molar-refractivity contribution >= 4 is 28.2 Å². The minimum Gasteiger partial charge on any atom is -0.358 e. The lowest BCUT2D eigenvalue weighted by molar-refractivity contribution is -0.389. The van der Waals surface area contributed by atoms with Crippen LogP contribution in [0.2, 0.25) is 0 Å². The molecule has 0 saturated heterocycles. The number of rotatable bonds is 5. The smallest absolute Gasteiger partial charge is 0.358 e. The van der Waals surface area contributed by atoms with Crippen LogP contribution in [-0.4, -0.2) is 25.6 Å². The standard InChI is InChI=1S/C13H17N5O3S/c1-7(6-17-8(2)5-11(16-17)18(20)21)12(19)15-13-14-9(3)10(4)22-13/h5,7H,6H2,1-4H3,(H,14,15,19). The number of nitrogens with zero attached hydrogens (tertiary/aromatic N) is 4. The van der Waals surface area contributed by atoms with Gasteiger partial charge in [-0.1, -0.05) is 6.92 Å². The fourth-order valence-electron chi connectivity index (χ4n) is 1.86. The van der Waals surface area contributed by atoms with Gasteiger partial charge >= 0.3 is 5.82 Å². The second kappa shape index (κ2) is 6.22. The molecule has 0 aliphatic heterocycles. The number of thiazole rings is 1. The molecule has 9 heteroatoms. The van der Waals surface area contributed by atoms with Crippen LogP contribution in [0.4, 0.5) is 10.9 Å². The van der Waals surface area contributed by atoms with Gasteiger partial charge < -0.3 is 15.4 Å². The number of anilines is 1. The van der Waals surface area contributed by atoms with E-state index in [4.69, 9.17) is 0 Å². The molecule has 2 rings (SSSR count). The van der Waals surface area contributed by atoms with Crippen molar-refractivity contribution in [3.63, 3.8) is 0 Å². The Morgan fingerprint density at radius 1 is 1.50 bits per heavy atom. The van der Waals surface area contributed by atoms with Crippen molar-refractivity contribution in [1.29, 1.82) is 0 Å². The number of carbonyl (C=O) groups excluding carboxylic acids is 1. The van der Waals surface area contributed by atoms with Gasteiger partial charge in [-0.2, -0.15) is 4.68 Å². The van der Waals surface area contributed by atoms with Crippen LogP contribution in [0.15, 0.2) is 6.07 Å². The summed E-state index contributed by atoms with van der Waals surface area (Å²) in [4.78, 5) is 27.6. The number of hydrogen-bond acceptors (Lipinski definition) is 6. The maximum atomic E-state index is 12.2. The van der Waals surface area contributed by atoms with Crippen LogP contribution in [0.3, 0.4) is 0 Å². The first-order valence-electron chi connectivity index (χ1n) is 6.71. The second-order valence-corrected chi connectivity index (χ2v) is 6.34. The maximum Gasteiger partial charge on any atom is 0.390 e. The maximum absolute atomic E-state index is 12.2. The minimum absolute atomic E-state index is 0.189. The Balaban J connectivity index is 2.03. The molecule has 1 N–H and O–H groups in total. The molecule has 0 radical (unpaired) electrons. The molecule has 0 fully saturated rings. The van der Waals surface area contributed by atoms with Gasteiger partial charge in [0.25, 0.3) is 0 Å². The van der Waals surface area contributed by atoms with E-state index in [0.717, 1.165) is 10.6 Å². The summed E-state index contributed by atoms with van der Waals surface area (Å²) in [6, 6.07) is 1.39. The summed E-state index contributed by atoms with van der Waals surface area (Å²) < 4.78 is 1.47. The fourth-order valence-corrected chi connectivity index (χ4v) is 2.68. The number of amides is 1. The lowest BCUT2D eigenvalue weighted by Crippen LogP contribution is -2.25. The Hall–Kier alpha value is -2.29. The highest BCUT2D eigenvalue weighted by molar-refractivity contribution is 7.15. The van der Waals surface area contributed by atoms with Crippen molar-refractivity contribution in [3.05, 3.63) is 32.4 Å². The van der Waals surface area contributed by atoms with Gasteiger partial charge in [-0.15, -0.1) is 11.3 Å². The Morgan fingerprint density at radius 3 is 2.68 bits per heavy atom. The lowest BCUT2D eigenvalue weighted by atomic mass is 10.1. The highest BCUT2D eigenvalue weighted by Gasteiger charge is 2.21. The Labute approximate surface area is 131 Å². The van der Waals surface area contributed by atoms with Crippen LogP contribution in [0.25, 0.3) is 0 Å². The van der Waals surface area contributed by atoms with Gasteiger partial charge in [0.05, 0.1) is 35.0 Å². The minimum atomic E-state index is -0.546. The van der Waals surface area contributed by atoms with Crippen molar-refractivity contribution in [3.8, 4) is 0 Å². The van der Waals surface area contributed by atoms with Gasteiger partial charge in [-0.05, 0) is 25.7 Å². The van der Waals surface area contributed by atoms with Crippen LogP contribution in [0, 0.1) is 36.8 Å². The molecule has 1 amide bonds. The Morgan fingerprint density at radius 2 is 2.18 bits per heavy atom. The molecule has 1 unspecified atom stereocenters. The third-order valence-electron chi connectivity index (χ3n) is 3.31. The van der Waals surface area contributed by atoms with E-state index < -0.39 is 4.92 Å². The molecule has 22 heavy (non-hydrogen) atoms. The van der Waals surface area contributed by atoms with Crippen molar-refractivity contribution < 1.29 is 9.72 Å². The molecule has 0 aliphatic rings. The topological polar surface area (TPSA) is 103 Å². The quantitative estimate of drug-likeness (QED) is 0.672. The van der Waals surface area contributed by atoms with Gasteiger partial charge in [-0.3, -0.25) is 4.79 Å². The monoisotopic (exact) mass is 323 g/mol. The molecular weight excluding hydrogens is 306 g/mol. The number of nitrogens with one attached hydrogen (secondary N) is 1. The zero-order valence-electron chi connectivity index (χ0n) is 12.8. The lowest BCUT2D eigenvalue weighted by Gasteiger charge is -2.09. The first-order valence-corrected chi connectivity index (χ1v) is 7.53. The van der Waals surface area contributed by atoms with Gasteiger partial charge in [0, 0.05) is 4.88 Å². The molecule has 1 atom stereocenters. The van der Waals surface area contributed by atoms with Gasteiger partial charge in [0.2, 0.25) is 5.91 Å². The summed E-state index contributed by atoms with van der Waals surface area (Å²) in [7, 11) is 0. The van der Waals surface area contributed by atoms with Crippen molar-refractivity contribution in [2.24, 2.45) is 5.92 Å². The van der Waals surface area contributed by atoms with Crippen LogP contribution >= 0.6 is 11.3 Å². The van der Waals surface area contributed by atoms with Crippen LogP contribution < -0.4 is 5.32 Å². The first kappa shape index (κ1) is 16.1. The molecule has 2 aromatic heterocycles. The molecule has 2 heterocycles. The summed E-state index contributed by atoms with van der Waals surface area (Å²) in [5.74, 6) is -0.787. The van der Waals surface area contributed by atoms with Crippen LogP contribution in [-0.2, 0) is 11.3 Å².